The number of carbonyl (C=O) groups is 2. The molecule has 1 N–H and O–H groups in total. The van der Waals surface area contributed by atoms with Gasteiger partial charge in [0.2, 0.25) is 0 Å². The fraction of sp³-hybridized carbons (Fsp3) is 0.704. The van der Waals surface area contributed by atoms with Crippen molar-refractivity contribution in [3.05, 3.63) is 35.9 Å². The molecule has 0 aliphatic rings. The van der Waals surface area contributed by atoms with Crippen LogP contribution in [0, 0.1) is 0 Å². The second-order valence-corrected chi connectivity index (χ2v) is 8.76. The van der Waals surface area contributed by atoms with E-state index in [-0.39, 0.29) is 12.1 Å². The Hall–Kier alpha value is -1.88. The second-order valence-electron chi connectivity index (χ2n) is 8.76. The van der Waals surface area contributed by atoms with Crippen LogP contribution in [-0.4, -0.2) is 29.3 Å². The van der Waals surface area contributed by atoms with Crippen LogP contribution in [0.1, 0.15) is 109 Å². The smallest absolute Gasteiger partial charge is 0.332 e. The van der Waals surface area contributed by atoms with Gasteiger partial charge >= 0.3 is 11.9 Å². The van der Waals surface area contributed by atoms with Crippen LogP contribution in [0.5, 0.6) is 0 Å². The molecule has 182 valence electrons. The number of rotatable bonds is 20. The highest BCUT2D eigenvalue weighted by Crippen LogP contribution is 2.18. The molecule has 0 bridgehead atoms. The molecule has 0 aromatic heterocycles. The molecule has 0 fully saturated rings. The number of ether oxygens (including phenoxy) is 2. The van der Waals surface area contributed by atoms with Crippen LogP contribution in [-0.2, 0) is 25.7 Å². The summed E-state index contributed by atoms with van der Waals surface area (Å²) in [5, 5.41) is 9.39. The third kappa shape index (κ3) is 15.0. The van der Waals surface area contributed by atoms with Crippen LogP contribution >= 0.6 is 0 Å². The Kier molecular flexibility index (Phi) is 16.4. The zero-order valence-corrected chi connectivity index (χ0v) is 20.2. The van der Waals surface area contributed by atoms with E-state index < -0.39 is 12.1 Å². The number of esters is 1. The summed E-state index contributed by atoms with van der Waals surface area (Å²) < 4.78 is 11.1. The van der Waals surface area contributed by atoms with Crippen LogP contribution in [0.25, 0.3) is 0 Å². The van der Waals surface area contributed by atoms with Crippen molar-refractivity contribution >= 4 is 11.9 Å². The molecule has 1 aromatic rings. The van der Waals surface area contributed by atoms with Gasteiger partial charge in [-0.05, 0) is 37.7 Å². The van der Waals surface area contributed by atoms with Gasteiger partial charge in [-0.25, -0.2) is 4.79 Å². The van der Waals surface area contributed by atoms with Crippen LogP contribution in [0.3, 0.4) is 0 Å². The van der Waals surface area contributed by atoms with Gasteiger partial charge in [-0.2, -0.15) is 0 Å². The van der Waals surface area contributed by atoms with Crippen molar-refractivity contribution < 1.29 is 24.2 Å². The minimum Gasteiger partial charge on any atom is -0.479 e. The first-order valence-corrected chi connectivity index (χ1v) is 12.6. The average Bonchev–Trinajstić information content (AvgIpc) is 2.77. The van der Waals surface area contributed by atoms with Gasteiger partial charge in [-0.1, -0.05) is 95.0 Å². The number of carboxylic acid groups (broad SMARTS) is 1. The molecule has 0 saturated carbocycles. The lowest BCUT2D eigenvalue weighted by atomic mass is 10.0. The topological polar surface area (TPSA) is 72.8 Å². The third-order valence-electron chi connectivity index (χ3n) is 5.77. The Labute approximate surface area is 194 Å². The first-order chi connectivity index (χ1) is 15.5. The van der Waals surface area contributed by atoms with Crippen molar-refractivity contribution in [2.75, 3.05) is 0 Å². The normalized spacial score (nSPS) is 12.9. The standard InChI is InChI=1S/C27H44O5/c1-3-4-5-6-8-14-19-25(32-23(2)28)20-15-9-7-10-16-21-26(27(29)30)31-22-24-17-12-11-13-18-24/h11-13,17-18,25-26H,3-10,14-16,19-22H2,1-2H3,(H,29,30). The largest absolute Gasteiger partial charge is 0.479 e. The average molecular weight is 449 g/mol. The number of carbonyl (C=O) groups excluding carboxylic acids is 1. The summed E-state index contributed by atoms with van der Waals surface area (Å²) in [4.78, 5) is 22.8. The zero-order valence-electron chi connectivity index (χ0n) is 20.2. The van der Waals surface area contributed by atoms with Crippen molar-refractivity contribution in [3.8, 4) is 0 Å². The summed E-state index contributed by atoms with van der Waals surface area (Å²) in [7, 11) is 0. The number of carboxylic acids is 1. The van der Waals surface area contributed by atoms with Crippen LogP contribution in [0.2, 0.25) is 0 Å². The molecule has 5 nitrogen and oxygen atoms in total. The van der Waals surface area contributed by atoms with Gasteiger partial charge in [0.1, 0.15) is 6.10 Å². The predicted molar refractivity (Wildman–Crippen MR) is 129 cm³/mol. The molecule has 0 amide bonds. The molecule has 0 heterocycles. The van der Waals surface area contributed by atoms with Crippen molar-refractivity contribution in [2.24, 2.45) is 0 Å². The van der Waals surface area contributed by atoms with E-state index in [2.05, 4.69) is 6.92 Å². The van der Waals surface area contributed by atoms with Gasteiger partial charge in [0.05, 0.1) is 6.61 Å². The maximum atomic E-state index is 11.4. The van der Waals surface area contributed by atoms with Gasteiger partial charge in [0, 0.05) is 6.92 Å². The Morgan fingerprint density at radius 2 is 1.34 bits per heavy atom. The summed E-state index contributed by atoms with van der Waals surface area (Å²) >= 11 is 0. The van der Waals surface area contributed by atoms with Gasteiger partial charge < -0.3 is 14.6 Å². The van der Waals surface area contributed by atoms with Gasteiger partial charge in [0.25, 0.3) is 0 Å². The molecular formula is C27H44O5. The van der Waals surface area contributed by atoms with E-state index in [4.69, 9.17) is 9.47 Å². The summed E-state index contributed by atoms with van der Waals surface area (Å²) in [6, 6.07) is 9.66. The first kappa shape index (κ1) is 28.2. The molecule has 2 atom stereocenters. The number of aliphatic carboxylic acids is 1. The summed E-state index contributed by atoms with van der Waals surface area (Å²) in [6.45, 7) is 4.04. The molecule has 32 heavy (non-hydrogen) atoms. The van der Waals surface area contributed by atoms with Gasteiger partial charge in [0.15, 0.2) is 6.10 Å². The molecule has 0 aliphatic carbocycles. The zero-order chi connectivity index (χ0) is 23.4. The Balaban J connectivity index is 2.14. The number of benzene rings is 1. The highest BCUT2D eigenvalue weighted by molar-refractivity contribution is 5.72. The minimum atomic E-state index is -0.889. The lowest BCUT2D eigenvalue weighted by Crippen LogP contribution is -2.23. The van der Waals surface area contributed by atoms with Crippen LogP contribution in [0.15, 0.2) is 30.3 Å². The number of unbranched alkanes of at least 4 members (excludes halogenated alkanes) is 9. The van der Waals surface area contributed by atoms with E-state index in [9.17, 15) is 14.7 Å². The number of hydrogen-bond donors (Lipinski definition) is 1. The Morgan fingerprint density at radius 3 is 1.88 bits per heavy atom. The second kappa shape index (κ2) is 18.7. The van der Waals surface area contributed by atoms with E-state index in [0.29, 0.717) is 13.0 Å². The molecule has 0 saturated heterocycles. The van der Waals surface area contributed by atoms with E-state index in [1.165, 1.54) is 39.0 Å². The molecular weight excluding hydrogens is 404 g/mol. The van der Waals surface area contributed by atoms with Gasteiger partial charge in [-0.15, -0.1) is 0 Å². The van der Waals surface area contributed by atoms with Crippen molar-refractivity contribution in [2.45, 2.75) is 123 Å². The predicted octanol–water partition coefficient (Wildman–Crippen LogP) is 7.07. The maximum Gasteiger partial charge on any atom is 0.332 e. The molecule has 1 aromatic carbocycles. The fourth-order valence-corrected chi connectivity index (χ4v) is 3.93. The van der Waals surface area contributed by atoms with Crippen LogP contribution < -0.4 is 0 Å². The third-order valence-corrected chi connectivity index (χ3v) is 5.77. The van der Waals surface area contributed by atoms with Gasteiger partial charge in [-0.3, -0.25) is 4.79 Å². The lowest BCUT2D eigenvalue weighted by molar-refractivity contribution is -0.152. The quantitative estimate of drug-likeness (QED) is 0.171. The van der Waals surface area contributed by atoms with E-state index in [0.717, 1.165) is 56.9 Å². The molecule has 2 unspecified atom stereocenters. The van der Waals surface area contributed by atoms with E-state index >= 15 is 0 Å². The summed E-state index contributed by atoms with van der Waals surface area (Å²) in [5.74, 6) is -1.07. The van der Waals surface area contributed by atoms with E-state index in [1.807, 2.05) is 30.3 Å². The Morgan fingerprint density at radius 1 is 0.812 bits per heavy atom. The highest BCUT2D eigenvalue weighted by atomic mass is 16.5. The minimum absolute atomic E-state index is 0.0430. The van der Waals surface area contributed by atoms with Crippen LogP contribution in [0.4, 0.5) is 0 Å². The molecule has 5 heteroatoms. The summed E-state index contributed by atoms with van der Waals surface area (Å²) in [5.41, 5.74) is 0.988. The van der Waals surface area contributed by atoms with Crippen molar-refractivity contribution in [3.63, 3.8) is 0 Å². The monoisotopic (exact) mass is 448 g/mol. The summed E-state index contributed by atoms with van der Waals surface area (Å²) in [6.07, 6.45) is 14.2. The molecule has 1 rings (SSSR count). The fourth-order valence-electron chi connectivity index (χ4n) is 3.93. The van der Waals surface area contributed by atoms with Crippen molar-refractivity contribution in [1.82, 2.24) is 0 Å². The maximum absolute atomic E-state index is 11.4. The SMILES string of the molecule is CCCCCCCCC(CCCCCCCC(OCc1ccccc1)C(=O)O)OC(C)=O. The highest BCUT2D eigenvalue weighted by Gasteiger charge is 2.17. The van der Waals surface area contributed by atoms with E-state index in [1.54, 1.807) is 0 Å². The number of hydrogen-bond acceptors (Lipinski definition) is 4. The van der Waals surface area contributed by atoms with Crippen molar-refractivity contribution in [1.29, 1.82) is 0 Å². The molecule has 0 spiro atoms. The molecule has 0 radical (unpaired) electrons. The lowest BCUT2D eigenvalue weighted by Gasteiger charge is -2.17. The molecule has 0 aliphatic heterocycles. The first-order valence-electron chi connectivity index (χ1n) is 12.6. The Bertz CT molecular complexity index is 601.